The van der Waals surface area contributed by atoms with Gasteiger partial charge in [0.15, 0.2) is 0 Å². The molecule has 7 heteroatoms. The van der Waals surface area contributed by atoms with E-state index in [0.29, 0.717) is 35.5 Å². The summed E-state index contributed by atoms with van der Waals surface area (Å²) in [6.07, 6.45) is 4.26. The molecule has 7 nitrogen and oxygen atoms in total. The quantitative estimate of drug-likeness (QED) is 0.896. The minimum absolute atomic E-state index is 0.140. The van der Waals surface area contributed by atoms with E-state index in [0.717, 1.165) is 37.1 Å². The van der Waals surface area contributed by atoms with Crippen molar-refractivity contribution in [2.75, 3.05) is 13.1 Å². The zero-order valence-corrected chi connectivity index (χ0v) is 14.2. The SMILES string of the molecule is CCCc1noc2nc(C3CC3)cc(C(=O)N3CCC(C(=O)O)C3)c12. The monoisotopic (exact) mass is 343 g/mol. The molecule has 132 valence electrons. The minimum Gasteiger partial charge on any atom is -0.481 e. The summed E-state index contributed by atoms with van der Waals surface area (Å²) in [6.45, 7) is 2.77. The Hall–Kier alpha value is -2.44. The van der Waals surface area contributed by atoms with Crippen molar-refractivity contribution < 1.29 is 19.2 Å². The number of rotatable bonds is 5. The predicted molar refractivity (Wildman–Crippen MR) is 89.4 cm³/mol. The fourth-order valence-electron chi connectivity index (χ4n) is 3.51. The van der Waals surface area contributed by atoms with Crippen LogP contribution in [0.1, 0.15) is 60.3 Å². The average Bonchev–Trinajstić information content (AvgIpc) is 3.19. The summed E-state index contributed by atoms with van der Waals surface area (Å²) >= 11 is 0. The standard InChI is InChI=1S/C18H21N3O4/c1-2-3-13-15-12(17(22)21-7-6-11(9-21)18(23)24)8-14(10-4-5-10)19-16(15)25-20-13/h8,10-11H,2-7,9H2,1H3,(H,23,24). The van der Waals surface area contributed by atoms with Gasteiger partial charge in [-0.1, -0.05) is 18.5 Å². The zero-order valence-electron chi connectivity index (χ0n) is 14.2. The molecule has 1 amide bonds. The fourth-order valence-corrected chi connectivity index (χ4v) is 3.51. The van der Waals surface area contributed by atoms with Crippen molar-refractivity contribution in [2.24, 2.45) is 5.92 Å². The number of likely N-dealkylation sites (tertiary alicyclic amines) is 1. The highest BCUT2D eigenvalue weighted by Crippen LogP contribution is 2.41. The molecule has 0 bridgehead atoms. The van der Waals surface area contributed by atoms with Crippen molar-refractivity contribution in [3.63, 3.8) is 0 Å². The number of hydrogen-bond acceptors (Lipinski definition) is 5. The Bertz CT molecular complexity index is 840. The minimum atomic E-state index is -0.842. The van der Waals surface area contributed by atoms with Crippen molar-refractivity contribution in [1.82, 2.24) is 15.0 Å². The molecule has 0 aromatic carbocycles. The van der Waals surface area contributed by atoms with Gasteiger partial charge < -0.3 is 14.5 Å². The molecule has 1 N–H and O–H groups in total. The maximum absolute atomic E-state index is 13.1. The summed E-state index contributed by atoms with van der Waals surface area (Å²) in [5.41, 5.74) is 2.61. The molecule has 2 fully saturated rings. The second-order valence-electron chi connectivity index (χ2n) is 7.00. The molecule has 2 aromatic heterocycles. The van der Waals surface area contributed by atoms with Gasteiger partial charge in [0.05, 0.1) is 22.6 Å². The van der Waals surface area contributed by atoms with E-state index in [-0.39, 0.29) is 12.5 Å². The molecule has 1 unspecified atom stereocenters. The van der Waals surface area contributed by atoms with Crippen molar-refractivity contribution in [2.45, 2.75) is 44.9 Å². The van der Waals surface area contributed by atoms with Gasteiger partial charge in [0.1, 0.15) is 0 Å². The molecule has 1 atom stereocenters. The molecule has 2 aliphatic rings. The maximum Gasteiger partial charge on any atom is 0.308 e. The number of amides is 1. The number of aliphatic carboxylic acids is 1. The number of carbonyl (C=O) groups is 2. The number of aryl methyl sites for hydroxylation is 1. The second-order valence-corrected chi connectivity index (χ2v) is 7.00. The van der Waals surface area contributed by atoms with E-state index >= 15 is 0 Å². The Labute approximate surface area is 145 Å². The van der Waals surface area contributed by atoms with Gasteiger partial charge in [-0.25, -0.2) is 4.98 Å². The first kappa shape index (κ1) is 16.1. The highest BCUT2D eigenvalue weighted by Gasteiger charge is 2.34. The van der Waals surface area contributed by atoms with Gasteiger partial charge in [-0.15, -0.1) is 0 Å². The number of nitrogens with zero attached hydrogens (tertiary/aromatic N) is 3. The van der Waals surface area contributed by atoms with E-state index < -0.39 is 11.9 Å². The summed E-state index contributed by atoms with van der Waals surface area (Å²) in [4.78, 5) is 30.5. The van der Waals surface area contributed by atoms with Crippen LogP contribution in [0.3, 0.4) is 0 Å². The Kier molecular flexibility index (Phi) is 3.94. The van der Waals surface area contributed by atoms with Crippen LogP contribution in [0.5, 0.6) is 0 Å². The number of aromatic nitrogens is 2. The average molecular weight is 343 g/mol. The van der Waals surface area contributed by atoms with Crippen molar-refractivity contribution in [3.05, 3.63) is 23.0 Å². The zero-order chi connectivity index (χ0) is 17.6. The Morgan fingerprint density at radius 1 is 1.36 bits per heavy atom. The third kappa shape index (κ3) is 2.88. The van der Waals surface area contributed by atoms with Gasteiger partial charge in [0.25, 0.3) is 11.6 Å². The second kappa shape index (κ2) is 6.13. The maximum atomic E-state index is 13.1. The number of carboxylic acid groups (broad SMARTS) is 1. The number of carboxylic acids is 1. The lowest BCUT2D eigenvalue weighted by Crippen LogP contribution is -2.30. The van der Waals surface area contributed by atoms with E-state index in [1.54, 1.807) is 4.90 Å². The smallest absolute Gasteiger partial charge is 0.308 e. The van der Waals surface area contributed by atoms with Crippen molar-refractivity contribution >= 4 is 23.0 Å². The first-order chi connectivity index (χ1) is 12.1. The van der Waals surface area contributed by atoms with Gasteiger partial charge in [-0.3, -0.25) is 9.59 Å². The van der Waals surface area contributed by atoms with E-state index in [9.17, 15) is 14.7 Å². The first-order valence-electron chi connectivity index (χ1n) is 8.89. The van der Waals surface area contributed by atoms with Gasteiger partial charge >= 0.3 is 5.97 Å². The van der Waals surface area contributed by atoms with Crippen LogP contribution in [0, 0.1) is 5.92 Å². The highest BCUT2D eigenvalue weighted by molar-refractivity contribution is 6.06. The van der Waals surface area contributed by atoms with Crippen LogP contribution in [0.2, 0.25) is 0 Å². The fraction of sp³-hybridized carbons (Fsp3) is 0.556. The Morgan fingerprint density at radius 2 is 2.16 bits per heavy atom. The number of pyridine rings is 1. The molecule has 4 rings (SSSR count). The molecule has 1 aliphatic carbocycles. The van der Waals surface area contributed by atoms with E-state index in [4.69, 9.17) is 4.52 Å². The lowest BCUT2D eigenvalue weighted by Gasteiger charge is -2.17. The molecule has 1 saturated heterocycles. The molecular weight excluding hydrogens is 322 g/mol. The summed E-state index contributed by atoms with van der Waals surface area (Å²) < 4.78 is 5.41. The number of hydrogen-bond donors (Lipinski definition) is 1. The first-order valence-corrected chi connectivity index (χ1v) is 8.89. The van der Waals surface area contributed by atoms with E-state index in [1.165, 1.54) is 0 Å². The van der Waals surface area contributed by atoms with Crippen LogP contribution in [0.25, 0.3) is 11.1 Å². The Balaban J connectivity index is 1.74. The summed E-state index contributed by atoms with van der Waals surface area (Å²) in [7, 11) is 0. The van der Waals surface area contributed by atoms with Crippen LogP contribution in [0.15, 0.2) is 10.6 Å². The summed E-state index contributed by atoms with van der Waals surface area (Å²) in [5.74, 6) is -1.08. The van der Waals surface area contributed by atoms with Crippen molar-refractivity contribution in [1.29, 1.82) is 0 Å². The molecule has 0 radical (unpaired) electrons. The molecule has 1 saturated carbocycles. The third-order valence-corrected chi connectivity index (χ3v) is 5.07. The molecule has 3 heterocycles. The van der Waals surface area contributed by atoms with E-state index in [1.807, 2.05) is 13.0 Å². The van der Waals surface area contributed by atoms with Gasteiger partial charge in [-0.2, -0.15) is 0 Å². The van der Waals surface area contributed by atoms with Crippen molar-refractivity contribution in [3.8, 4) is 0 Å². The Morgan fingerprint density at radius 3 is 2.80 bits per heavy atom. The predicted octanol–water partition coefficient (Wildman–Crippen LogP) is 2.60. The molecule has 25 heavy (non-hydrogen) atoms. The molecular formula is C18H21N3O4. The van der Waals surface area contributed by atoms with Gasteiger partial charge in [0, 0.05) is 24.7 Å². The summed E-state index contributed by atoms with van der Waals surface area (Å²) in [6, 6.07) is 1.87. The topological polar surface area (TPSA) is 96.5 Å². The van der Waals surface area contributed by atoms with E-state index in [2.05, 4.69) is 10.1 Å². The van der Waals surface area contributed by atoms with Crippen LogP contribution in [-0.4, -0.2) is 45.1 Å². The molecule has 1 aliphatic heterocycles. The lowest BCUT2D eigenvalue weighted by molar-refractivity contribution is -0.141. The number of fused-ring (bicyclic) bond motifs is 1. The van der Waals surface area contributed by atoms with Crippen LogP contribution in [-0.2, 0) is 11.2 Å². The normalized spacial score (nSPS) is 20.4. The van der Waals surface area contributed by atoms with Gasteiger partial charge in [-0.05, 0) is 31.7 Å². The molecule has 0 spiro atoms. The van der Waals surface area contributed by atoms with Crippen LogP contribution < -0.4 is 0 Å². The third-order valence-electron chi connectivity index (χ3n) is 5.07. The van der Waals surface area contributed by atoms with Gasteiger partial charge in [0.2, 0.25) is 0 Å². The lowest BCUT2D eigenvalue weighted by atomic mass is 10.0. The van der Waals surface area contributed by atoms with Crippen LogP contribution >= 0.6 is 0 Å². The summed E-state index contributed by atoms with van der Waals surface area (Å²) in [5, 5.41) is 14.0. The molecule has 2 aromatic rings. The highest BCUT2D eigenvalue weighted by atomic mass is 16.5. The number of carbonyl (C=O) groups excluding carboxylic acids is 1. The van der Waals surface area contributed by atoms with Crippen LogP contribution in [0.4, 0.5) is 0 Å². The largest absolute Gasteiger partial charge is 0.481 e.